The fourth-order valence-corrected chi connectivity index (χ4v) is 2.86. The molecule has 2 nitrogen and oxygen atoms in total. The zero-order chi connectivity index (χ0) is 11.5. The molecule has 2 rings (SSSR count). The third-order valence-electron chi connectivity index (χ3n) is 3.31. The van der Waals surface area contributed by atoms with Gasteiger partial charge < -0.3 is 10.1 Å². The summed E-state index contributed by atoms with van der Waals surface area (Å²) in [5.74, 6) is 1.57. The lowest BCUT2D eigenvalue weighted by molar-refractivity contribution is 0.411. The van der Waals surface area contributed by atoms with Crippen LogP contribution in [0.25, 0.3) is 0 Å². The highest BCUT2D eigenvalue weighted by molar-refractivity contribution is 9.10. The van der Waals surface area contributed by atoms with Crippen LogP contribution in [0.15, 0.2) is 16.6 Å². The molecule has 0 fully saturated rings. The Morgan fingerprint density at radius 2 is 2.31 bits per heavy atom. The van der Waals surface area contributed by atoms with Gasteiger partial charge in [-0.3, -0.25) is 0 Å². The van der Waals surface area contributed by atoms with Crippen LogP contribution in [0, 0.1) is 0 Å². The Morgan fingerprint density at radius 1 is 1.50 bits per heavy atom. The van der Waals surface area contributed by atoms with Gasteiger partial charge in [0.05, 0.1) is 11.6 Å². The molecule has 0 saturated heterocycles. The van der Waals surface area contributed by atoms with Crippen molar-refractivity contribution in [2.45, 2.75) is 25.7 Å². The summed E-state index contributed by atoms with van der Waals surface area (Å²) in [6, 6.07) is 4.41. The fourth-order valence-electron chi connectivity index (χ4n) is 2.34. The van der Waals surface area contributed by atoms with Crippen molar-refractivity contribution >= 4 is 15.9 Å². The van der Waals surface area contributed by atoms with Gasteiger partial charge in [0.15, 0.2) is 0 Å². The van der Waals surface area contributed by atoms with E-state index in [2.05, 4.69) is 40.3 Å². The van der Waals surface area contributed by atoms with Gasteiger partial charge in [-0.1, -0.05) is 6.92 Å². The molecule has 1 aromatic carbocycles. The molecule has 1 aliphatic rings. The number of ether oxygens (including phenoxy) is 1. The largest absolute Gasteiger partial charge is 0.496 e. The maximum Gasteiger partial charge on any atom is 0.133 e. The van der Waals surface area contributed by atoms with Crippen LogP contribution < -0.4 is 10.1 Å². The normalized spacial score (nSPS) is 20.1. The Balaban J connectivity index is 2.45. The van der Waals surface area contributed by atoms with Gasteiger partial charge in [0.2, 0.25) is 0 Å². The van der Waals surface area contributed by atoms with Gasteiger partial charge in [0.25, 0.3) is 0 Å². The van der Waals surface area contributed by atoms with E-state index in [0.717, 1.165) is 29.7 Å². The maximum absolute atomic E-state index is 5.35. The topological polar surface area (TPSA) is 21.3 Å². The molecular weight excluding hydrogens is 266 g/mol. The van der Waals surface area contributed by atoms with Crippen molar-refractivity contribution in [2.75, 3.05) is 20.2 Å². The van der Waals surface area contributed by atoms with Gasteiger partial charge in [-0.2, -0.15) is 0 Å². The second kappa shape index (κ2) is 5.19. The van der Waals surface area contributed by atoms with Crippen LogP contribution in [0.2, 0.25) is 0 Å². The van der Waals surface area contributed by atoms with E-state index in [0.29, 0.717) is 5.92 Å². The number of hydrogen-bond donors (Lipinski definition) is 1. The third-order valence-corrected chi connectivity index (χ3v) is 3.93. The van der Waals surface area contributed by atoms with Crippen molar-refractivity contribution in [1.29, 1.82) is 0 Å². The molecule has 0 saturated carbocycles. The van der Waals surface area contributed by atoms with Crippen molar-refractivity contribution < 1.29 is 4.74 Å². The summed E-state index contributed by atoms with van der Waals surface area (Å²) in [5.41, 5.74) is 2.90. The van der Waals surface area contributed by atoms with E-state index in [9.17, 15) is 0 Å². The average Bonchev–Trinajstić information content (AvgIpc) is 2.49. The van der Waals surface area contributed by atoms with Crippen LogP contribution in [0.5, 0.6) is 5.75 Å². The molecule has 1 atom stereocenters. The molecule has 1 aliphatic heterocycles. The first kappa shape index (κ1) is 11.9. The van der Waals surface area contributed by atoms with E-state index in [-0.39, 0.29) is 0 Å². The minimum Gasteiger partial charge on any atom is -0.496 e. The van der Waals surface area contributed by atoms with Crippen LogP contribution in [-0.4, -0.2) is 20.2 Å². The number of benzene rings is 1. The quantitative estimate of drug-likeness (QED) is 0.901. The molecule has 0 aliphatic carbocycles. The van der Waals surface area contributed by atoms with E-state index in [1.165, 1.54) is 17.5 Å². The first-order valence-electron chi connectivity index (χ1n) is 5.83. The van der Waals surface area contributed by atoms with Crippen LogP contribution in [0.1, 0.15) is 30.4 Å². The monoisotopic (exact) mass is 283 g/mol. The first-order valence-corrected chi connectivity index (χ1v) is 6.62. The van der Waals surface area contributed by atoms with E-state index < -0.39 is 0 Å². The Kier molecular flexibility index (Phi) is 3.87. The molecule has 0 spiro atoms. The third kappa shape index (κ3) is 2.25. The molecule has 0 amide bonds. The lowest BCUT2D eigenvalue weighted by Crippen LogP contribution is -2.19. The Hall–Kier alpha value is -0.540. The fraction of sp³-hybridized carbons (Fsp3) is 0.538. The maximum atomic E-state index is 5.35. The number of rotatable bonds is 2. The second-order valence-electron chi connectivity index (χ2n) is 4.24. The minimum absolute atomic E-state index is 0.625. The van der Waals surface area contributed by atoms with E-state index in [4.69, 9.17) is 4.74 Å². The van der Waals surface area contributed by atoms with Crippen molar-refractivity contribution in [2.24, 2.45) is 0 Å². The molecule has 3 heteroatoms. The lowest BCUT2D eigenvalue weighted by Gasteiger charge is -2.17. The van der Waals surface area contributed by atoms with Gasteiger partial charge in [0, 0.05) is 6.54 Å². The smallest absolute Gasteiger partial charge is 0.133 e. The molecule has 1 N–H and O–H groups in total. The minimum atomic E-state index is 0.625. The van der Waals surface area contributed by atoms with Crippen LogP contribution in [0.3, 0.4) is 0 Å². The highest BCUT2D eigenvalue weighted by Gasteiger charge is 2.18. The highest BCUT2D eigenvalue weighted by Crippen LogP contribution is 2.34. The zero-order valence-electron chi connectivity index (χ0n) is 9.85. The molecule has 0 radical (unpaired) electrons. The van der Waals surface area contributed by atoms with E-state index >= 15 is 0 Å². The first-order chi connectivity index (χ1) is 7.76. The van der Waals surface area contributed by atoms with Gasteiger partial charge in [0.1, 0.15) is 5.75 Å². The Bertz CT molecular complexity index is 378. The van der Waals surface area contributed by atoms with Gasteiger partial charge >= 0.3 is 0 Å². The molecule has 0 aromatic heterocycles. The van der Waals surface area contributed by atoms with Crippen molar-refractivity contribution in [3.05, 3.63) is 27.7 Å². The zero-order valence-corrected chi connectivity index (χ0v) is 11.4. The van der Waals surface area contributed by atoms with Gasteiger partial charge in [-0.05, 0) is 64.5 Å². The van der Waals surface area contributed by atoms with Gasteiger partial charge in [-0.15, -0.1) is 0 Å². The number of halogens is 1. The average molecular weight is 284 g/mol. The predicted molar refractivity (Wildman–Crippen MR) is 70.3 cm³/mol. The standard InChI is InChI=1S/C13H18BrNO/c1-3-9-8-15-5-4-10-6-13(16-2)12(14)7-11(9)10/h6-7,9,15H,3-5,8H2,1-2H3/t9-/m1/s1. The number of hydrogen-bond acceptors (Lipinski definition) is 2. The summed E-state index contributed by atoms with van der Waals surface area (Å²) in [6.07, 6.45) is 2.27. The van der Waals surface area contributed by atoms with Crippen LogP contribution >= 0.6 is 15.9 Å². The number of fused-ring (bicyclic) bond motifs is 1. The summed E-state index contributed by atoms with van der Waals surface area (Å²) in [6.45, 7) is 4.40. The second-order valence-corrected chi connectivity index (χ2v) is 5.10. The molecule has 0 unspecified atom stereocenters. The lowest BCUT2D eigenvalue weighted by atomic mass is 9.92. The number of nitrogens with one attached hydrogen (secondary N) is 1. The van der Waals surface area contributed by atoms with Crippen molar-refractivity contribution in [3.8, 4) is 5.75 Å². The summed E-state index contributed by atoms with van der Waals surface area (Å²) in [4.78, 5) is 0. The number of methoxy groups -OCH3 is 1. The van der Waals surface area contributed by atoms with E-state index in [1.54, 1.807) is 7.11 Å². The summed E-state index contributed by atoms with van der Waals surface area (Å²) in [7, 11) is 1.72. The summed E-state index contributed by atoms with van der Waals surface area (Å²) < 4.78 is 6.42. The molecule has 1 heterocycles. The molecular formula is C13H18BrNO. The predicted octanol–water partition coefficient (Wildman–Crippen LogP) is 3.10. The van der Waals surface area contributed by atoms with Crippen molar-refractivity contribution in [1.82, 2.24) is 5.32 Å². The van der Waals surface area contributed by atoms with Crippen LogP contribution in [0.4, 0.5) is 0 Å². The van der Waals surface area contributed by atoms with Gasteiger partial charge in [-0.25, -0.2) is 0 Å². The molecule has 1 aromatic rings. The highest BCUT2D eigenvalue weighted by atomic mass is 79.9. The molecule has 16 heavy (non-hydrogen) atoms. The van der Waals surface area contributed by atoms with Crippen molar-refractivity contribution in [3.63, 3.8) is 0 Å². The molecule has 88 valence electrons. The molecule has 0 bridgehead atoms. The summed E-state index contributed by atoms with van der Waals surface area (Å²) in [5, 5.41) is 3.50. The summed E-state index contributed by atoms with van der Waals surface area (Å²) >= 11 is 3.57. The Morgan fingerprint density at radius 3 is 3.00 bits per heavy atom. The van der Waals surface area contributed by atoms with E-state index in [1.807, 2.05) is 0 Å². The van der Waals surface area contributed by atoms with Crippen LogP contribution in [-0.2, 0) is 6.42 Å². The SMILES string of the molecule is CC[C@@H]1CNCCc2cc(OC)c(Br)cc21. The Labute approximate surface area is 106 Å².